The van der Waals surface area contributed by atoms with E-state index in [1.807, 2.05) is 24.3 Å². The summed E-state index contributed by atoms with van der Waals surface area (Å²) in [5, 5.41) is 11.9. The van der Waals surface area contributed by atoms with Crippen molar-refractivity contribution < 1.29 is 14.7 Å². The van der Waals surface area contributed by atoms with Crippen LogP contribution in [0.25, 0.3) is 0 Å². The molecule has 23 heavy (non-hydrogen) atoms. The molecule has 0 saturated heterocycles. The van der Waals surface area contributed by atoms with Crippen molar-refractivity contribution in [2.45, 2.75) is 33.8 Å². The Kier molecular flexibility index (Phi) is 5.34. The van der Waals surface area contributed by atoms with Gasteiger partial charge in [0.15, 0.2) is 5.78 Å². The first kappa shape index (κ1) is 17.0. The lowest BCUT2D eigenvalue weighted by molar-refractivity contribution is 0.0949. The molecule has 2 rings (SSSR count). The van der Waals surface area contributed by atoms with Gasteiger partial charge in [0, 0.05) is 17.8 Å². The normalized spacial score (nSPS) is 10.6. The van der Waals surface area contributed by atoms with Crippen LogP contribution in [0.3, 0.4) is 0 Å². The van der Waals surface area contributed by atoms with Crippen molar-refractivity contribution in [1.82, 2.24) is 10.3 Å². The molecule has 0 aliphatic heterocycles. The average Bonchev–Trinajstić information content (AvgIpc) is 2.82. The largest absolute Gasteiger partial charge is 0.392 e. The highest BCUT2D eigenvalue weighted by atomic mass is 16.3. The number of hydrogen-bond donors (Lipinski definition) is 3. The van der Waals surface area contributed by atoms with Crippen LogP contribution < -0.4 is 5.32 Å². The molecule has 3 N–H and O–H groups in total. The van der Waals surface area contributed by atoms with Gasteiger partial charge in [-0.15, -0.1) is 0 Å². The molecule has 0 bridgehead atoms. The summed E-state index contributed by atoms with van der Waals surface area (Å²) in [6.07, 6.45) is 0.704. The zero-order valence-corrected chi connectivity index (χ0v) is 13.7. The van der Waals surface area contributed by atoms with E-state index in [0.717, 1.165) is 16.8 Å². The van der Waals surface area contributed by atoms with Gasteiger partial charge in [0.05, 0.1) is 6.61 Å². The summed E-state index contributed by atoms with van der Waals surface area (Å²) in [7, 11) is 0. The maximum Gasteiger partial charge on any atom is 0.268 e. The number of aliphatic hydroxyl groups is 1. The zero-order valence-electron chi connectivity index (χ0n) is 13.7. The number of hydrogen-bond acceptors (Lipinski definition) is 3. The fourth-order valence-corrected chi connectivity index (χ4v) is 2.73. The first-order valence-electron chi connectivity index (χ1n) is 7.61. The first-order chi connectivity index (χ1) is 10.9. The van der Waals surface area contributed by atoms with E-state index in [-0.39, 0.29) is 18.3 Å². The summed E-state index contributed by atoms with van der Waals surface area (Å²) in [5.74, 6) is -0.246. The first-order valence-corrected chi connectivity index (χ1v) is 7.61. The predicted molar refractivity (Wildman–Crippen MR) is 88.7 cm³/mol. The number of carbonyl (C=O) groups excluding carboxylic acids is 2. The van der Waals surface area contributed by atoms with Gasteiger partial charge in [-0.2, -0.15) is 0 Å². The van der Waals surface area contributed by atoms with Crippen LogP contribution in [0.1, 0.15) is 50.2 Å². The number of Topliss-reactive ketones (excluding diaryl/α,β-unsaturated/α-hetero) is 1. The van der Waals surface area contributed by atoms with Crippen molar-refractivity contribution >= 4 is 11.7 Å². The summed E-state index contributed by atoms with van der Waals surface area (Å²) in [6.45, 7) is 5.61. The molecule has 1 amide bonds. The fraction of sp³-hybridized carbons (Fsp3) is 0.333. The van der Waals surface area contributed by atoms with Crippen LogP contribution in [0.2, 0.25) is 0 Å². The number of ketones is 1. The van der Waals surface area contributed by atoms with Crippen LogP contribution in [-0.4, -0.2) is 28.3 Å². The summed E-state index contributed by atoms with van der Waals surface area (Å²) in [6, 6.07) is 7.62. The zero-order chi connectivity index (χ0) is 17.0. The molecule has 2 aromatic rings. The van der Waals surface area contributed by atoms with E-state index >= 15 is 0 Å². The minimum atomic E-state index is -0.204. The highest BCUT2D eigenvalue weighted by Gasteiger charge is 2.19. The molecule has 5 nitrogen and oxygen atoms in total. The number of aliphatic hydroxyl groups excluding tert-OH is 1. The minimum Gasteiger partial charge on any atom is -0.392 e. The van der Waals surface area contributed by atoms with Gasteiger partial charge < -0.3 is 15.4 Å². The summed E-state index contributed by atoms with van der Waals surface area (Å²) in [5.41, 5.74) is 4.41. The number of benzene rings is 1. The Bertz CT molecular complexity index is 715. The second kappa shape index (κ2) is 7.24. The number of H-pyrrole nitrogens is 1. The molecule has 1 heterocycles. The van der Waals surface area contributed by atoms with Crippen LogP contribution in [0.5, 0.6) is 0 Å². The van der Waals surface area contributed by atoms with Crippen LogP contribution in [0.4, 0.5) is 0 Å². The molecule has 1 aromatic carbocycles. The maximum absolute atomic E-state index is 12.3. The lowest BCUT2D eigenvalue weighted by Gasteiger charge is -2.06. The quantitative estimate of drug-likeness (QED) is 0.716. The van der Waals surface area contributed by atoms with Gasteiger partial charge in [-0.05, 0) is 43.9 Å². The van der Waals surface area contributed by atoms with Crippen molar-refractivity contribution in [2.24, 2.45) is 0 Å². The number of carbonyl (C=O) groups is 2. The molecule has 0 atom stereocenters. The van der Waals surface area contributed by atoms with Crippen LogP contribution in [-0.2, 0) is 13.0 Å². The number of amides is 1. The highest BCUT2D eigenvalue weighted by Crippen LogP contribution is 2.18. The van der Waals surface area contributed by atoms with E-state index in [4.69, 9.17) is 5.11 Å². The maximum atomic E-state index is 12.3. The second-order valence-corrected chi connectivity index (χ2v) is 5.66. The lowest BCUT2D eigenvalue weighted by atomic mass is 10.1. The molecule has 0 spiro atoms. The Morgan fingerprint density at radius 3 is 2.26 bits per heavy atom. The Labute approximate surface area is 135 Å². The Hall–Kier alpha value is -2.40. The molecule has 0 aliphatic carbocycles. The lowest BCUT2D eigenvalue weighted by Crippen LogP contribution is -2.26. The molecule has 1 aromatic heterocycles. The molecule has 0 radical (unpaired) electrons. The van der Waals surface area contributed by atoms with Gasteiger partial charge in [-0.25, -0.2) is 0 Å². The Morgan fingerprint density at radius 2 is 1.74 bits per heavy atom. The van der Waals surface area contributed by atoms with Crippen molar-refractivity contribution in [3.63, 3.8) is 0 Å². The van der Waals surface area contributed by atoms with Gasteiger partial charge in [-0.3, -0.25) is 9.59 Å². The van der Waals surface area contributed by atoms with Crippen LogP contribution >= 0.6 is 0 Å². The molecular weight excluding hydrogens is 292 g/mol. The van der Waals surface area contributed by atoms with Crippen molar-refractivity contribution in [3.05, 3.63) is 57.9 Å². The number of aromatic amines is 1. The van der Waals surface area contributed by atoms with E-state index < -0.39 is 0 Å². The van der Waals surface area contributed by atoms with Crippen molar-refractivity contribution in [1.29, 1.82) is 0 Å². The third-order valence-corrected chi connectivity index (χ3v) is 3.92. The van der Waals surface area contributed by atoms with E-state index in [2.05, 4.69) is 10.3 Å². The minimum absolute atomic E-state index is 0.0287. The Morgan fingerprint density at radius 1 is 1.13 bits per heavy atom. The SMILES string of the molecule is CC(=O)c1c(C)[nH]c(C(=O)NCCc2ccc(CO)cc2)c1C. The van der Waals surface area contributed by atoms with E-state index in [1.165, 1.54) is 6.92 Å². The molecule has 122 valence electrons. The molecule has 0 saturated carbocycles. The van der Waals surface area contributed by atoms with Gasteiger partial charge >= 0.3 is 0 Å². The second-order valence-electron chi connectivity index (χ2n) is 5.66. The third-order valence-electron chi connectivity index (χ3n) is 3.92. The van der Waals surface area contributed by atoms with Gasteiger partial charge in [0.1, 0.15) is 5.69 Å². The summed E-state index contributed by atoms with van der Waals surface area (Å²) in [4.78, 5) is 26.9. The molecular formula is C18H22N2O3. The number of aryl methyl sites for hydroxylation is 1. The Balaban J connectivity index is 1.97. The van der Waals surface area contributed by atoms with Gasteiger partial charge in [-0.1, -0.05) is 24.3 Å². The number of aromatic nitrogens is 1. The smallest absolute Gasteiger partial charge is 0.268 e. The average molecular weight is 314 g/mol. The molecule has 0 aliphatic rings. The fourth-order valence-electron chi connectivity index (χ4n) is 2.73. The number of nitrogens with one attached hydrogen (secondary N) is 2. The standard InChI is InChI=1S/C18H22N2O3/c1-11-16(13(3)22)12(2)20-17(11)18(23)19-9-8-14-4-6-15(10-21)7-5-14/h4-7,20-21H,8-10H2,1-3H3,(H,19,23). The highest BCUT2D eigenvalue weighted by molar-refractivity contribution is 6.02. The van der Waals surface area contributed by atoms with Crippen LogP contribution in [0, 0.1) is 13.8 Å². The van der Waals surface area contributed by atoms with Crippen molar-refractivity contribution in [2.75, 3.05) is 6.54 Å². The van der Waals surface area contributed by atoms with E-state index in [9.17, 15) is 9.59 Å². The topological polar surface area (TPSA) is 82.2 Å². The predicted octanol–water partition coefficient (Wildman–Crippen LogP) is 2.30. The summed E-state index contributed by atoms with van der Waals surface area (Å²) >= 11 is 0. The number of rotatable bonds is 6. The monoisotopic (exact) mass is 314 g/mol. The van der Waals surface area contributed by atoms with E-state index in [1.54, 1.807) is 13.8 Å². The molecule has 0 fully saturated rings. The molecule has 0 unspecified atom stereocenters. The van der Waals surface area contributed by atoms with Gasteiger partial charge in [0.25, 0.3) is 5.91 Å². The third kappa shape index (κ3) is 3.87. The van der Waals surface area contributed by atoms with Crippen molar-refractivity contribution in [3.8, 4) is 0 Å². The molecule has 5 heteroatoms. The van der Waals surface area contributed by atoms with E-state index in [0.29, 0.717) is 29.8 Å². The summed E-state index contributed by atoms with van der Waals surface area (Å²) < 4.78 is 0. The van der Waals surface area contributed by atoms with Crippen LogP contribution in [0.15, 0.2) is 24.3 Å². The van der Waals surface area contributed by atoms with Gasteiger partial charge in [0.2, 0.25) is 0 Å².